The van der Waals surface area contributed by atoms with Gasteiger partial charge in [0.2, 0.25) is 0 Å². The molecule has 2 N–H and O–H groups in total. The van der Waals surface area contributed by atoms with Crippen molar-refractivity contribution in [1.82, 2.24) is 10.3 Å². The topological polar surface area (TPSA) is 65.5 Å². The Balaban J connectivity index is 2.70. The molecule has 0 bridgehead atoms. The molecule has 1 heterocycles. The van der Waals surface area contributed by atoms with E-state index in [2.05, 4.69) is 10.3 Å². The van der Waals surface area contributed by atoms with Crippen molar-refractivity contribution in [2.75, 3.05) is 25.6 Å². The number of aliphatic hydroxyl groups is 1. The Hall–Kier alpha value is -1.62. The zero-order valence-corrected chi connectivity index (χ0v) is 9.77. The van der Waals surface area contributed by atoms with Crippen LogP contribution in [0.3, 0.4) is 0 Å². The Bertz CT molecular complexity index is 349. The van der Waals surface area contributed by atoms with Crippen molar-refractivity contribution in [3.63, 3.8) is 0 Å². The molecule has 0 spiro atoms. The minimum Gasteiger partial charge on any atom is -0.394 e. The van der Waals surface area contributed by atoms with Crippen LogP contribution in [0.1, 0.15) is 17.3 Å². The quantitative estimate of drug-likeness (QED) is 0.768. The van der Waals surface area contributed by atoms with Crippen LogP contribution in [0, 0.1) is 0 Å². The summed E-state index contributed by atoms with van der Waals surface area (Å²) in [6.07, 6.45) is 1.52. The van der Waals surface area contributed by atoms with Crippen molar-refractivity contribution in [3.8, 4) is 0 Å². The lowest BCUT2D eigenvalue weighted by atomic mass is 10.2. The predicted octanol–water partition coefficient (Wildman–Crippen LogP) is 0.258. The number of carbonyl (C=O) groups is 1. The van der Waals surface area contributed by atoms with Crippen LogP contribution in [0.2, 0.25) is 0 Å². The van der Waals surface area contributed by atoms with Crippen molar-refractivity contribution in [2.24, 2.45) is 0 Å². The van der Waals surface area contributed by atoms with Gasteiger partial charge in [-0.2, -0.15) is 0 Å². The Morgan fingerprint density at radius 2 is 2.25 bits per heavy atom. The van der Waals surface area contributed by atoms with E-state index in [1.54, 1.807) is 19.1 Å². The van der Waals surface area contributed by atoms with Crippen molar-refractivity contribution in [1.29, 1.82) is 0 Å². The van der Waals surface area contributed by atoms with Crippen molar-refractivity contribution >= 4 is 11.7 Å². The molecule has 1 atom stereocenters. The van der Waals surface area contributed by atoms with E-state index in [4.69, 9.17) is 5.11 Å². The molecule has 1 rings (SSSR count). The van der Waals surface area contributed by atoms with Crippen LogP contribution in [0.15, 0.2) is 18.3 Å². The minimum atomic E-state index is -0.249. The molecular formula is C11H17N3O2. The largest absolute Gasteiger partial charge is 0.394 e. The number of hydrogen-bond donors (Lipinski definition) is 2. The highest BCUT2D eigenvalue weighted by molar-refractivity contribution is 5.94. The van der Waals surface area contributed by atoms with Crippen molar-refractivity contribution < 1.29 is 9.90 Å². The van der Waals surface area contributed by atoms with E-state index in [-0.39, 0.29) is 18.6 Å². The summed E-state index contributed by atoms with van der Waals surface area (Å²) in [6, 6.07) is 3.24. The van der Waals surface area contributed by atoms with E-state index in [1.165, 1.54) is 6.20 Å². The summed E-state index contributed by atoms with van der Waals surface area (Å²) in [6.45, 7) is 1.66. The number of aliphatic hydroxyl groups excluding tert-OH is 1. The second-order valence-corrected chi connectivity index (χ2v) is 3.86. The summed E-state index contributed by atoms with van der Waals surface area (Å²) in [4.78, 5) is 17.6. The molecule has 1 aromatic rings. The first-order chi connectivity index (χ1) is 7.54. The number of anilines is 1. The van der Waals surface area contributed by atoms with Crippen LogP contribution >= 0.6 is 0 Å². The van der Waals surface area contributed by atoms with E-state index in [0.717, 1.165) is 5.82 Å². The van der Waals surface area contributed by atoms with Gasteiger partial charge in [-0.05, 0) is 19.1 Å². The number of carbonyl (C=O) groups excluding carboxylic acids is 1. The van der Waals surface area contributed by atoms with E-state index < -0.39 is 0 Å². The van der Waals surface area contributed by atoms with Crippen molar-refractivity contribution in [3.05, 3.63) is 23.9 Å². The van der Waals surface area contributed by atoms with Gasteiger partial charge in [-0.1, -0.05) is 0 Å². The third kappa shape index (κ3) is 3.20. The lowest BCUT2D eigenvalue weighted by molar-refractivity contribution is 0.0922. The lowest BCUT2D eigenvalue weighted by Gasteiger charge is -2.13. The molecular weight excluding hydrogens is 206 g/mol. The number of nitrogens with one attached hydrogen (secondary N) is 1. The van der Waals surface area contributed by atoms with Crippen LogP contribution in [0.5, 0.6) is 0 Å². The summed E-state index contributed by atoms with van der Waals surface area (Å²) >= 11 is 0. The molecule has 0 aliphatic heterocycles. The first-order valence-electron chi connectivity index (χ1n) is 5.09. The average molecular weight is 223 g/mol. The SMILES string of the molecule is C[C@@H](CO)NC(=O)c1ccc(N(C)C)nc1. The van der Waals surface area contributed by atoms with Gasteiger partial charge in [-0.15, -0.1) is 0 Å². The van der Waals surface area contributed by atoms with E-state index in [1.807, 2.05) is 19.0 Å². The van der Waals surface area contributed by atoms with Gasteiger partial charge in [0.25, 0.3) is 5.91 Å². The number of nitrogens with zero attached hydrogens (tertiary/aromatic N) is 2. The highest BCUT2D eigenvalue weighted by Crippen LogP contribution is 2.07. The van der Waals surface area contributed by atoms with Crippen LogP contribution in [0.25, 0.3) is 0 Å². The third-order valence-corrected chi connectivity index (χ3v) is 2.12. The molecule has 0 unspecified atom stereocenters. The second-order valence-electron chi connectivity index (χ2n) is 3.86. The van der Waals surface area contributed by atoms with E-state index >= 15 is 0 Å². The standard InChI is InChI=1S/C11H17N3O2/c1-8(7-15)13-11(16)9-4-5-10(12-6-9)14(2)3/h4-6,8,15H,7H2,1-3H3,(H,13,16)/t8-/m0/s1. The van der Waals surface area contributed by atoms with Gasteiger partial charge in [0.1, 0.15) is 5.82 Å². The minimum absolute atomic E-state index is 0.0745. The highest BCUT2D eigenvalue weighted by atomic mass is 16.3. The predicted molar refractivity (Wildman–Crippen MR) is 62.6 cm³/mol. The molecule has 88 valence electrons. The Morgan fingerprint density at radius 1 is 1.56 bits per heavy atom. The Morgan fingerprint density at radius 3 is 2.69 bits per heavy atom. The Kier molecular flexibility index (Phi) is 4.25. The maximum atomic E-state index is 11.6. The lowest BCUT2D eigenvalue weighted by Crippen LogP contribution is -2.35. The Labute approximate surface area is 95.1 Å². The number of hydrogen-bond acceptors (Lipinski definition) is 4. The maximum Gasteiger partial charge on any atom is 0.253 e. The first-order valence-corrected chi connectivity index (χ1v) is 5.09. The molecule has 1 amide bonds. The van der Waals surface area contributed by atoms with Crippen LogP contribution in [-0.2, 0) is 0 Å². The zero-order valence-electron chi connectivity index (χ0n) is 9.77. The van der Waals surface area contributed by atoms with Gasteiger partial charge in [-0.3, -0.25) is 4.79 Å². The number of pyridine rings is 1. The molecule has 0 saturated carbocycles. The van der Waals surface area contributed by atoms with Gasteiger partial charge < -0.3 is 15.3 Å². The summed E-state index contributed by atoms with van der Waals surface area (Å²) < 4.78 is 0. The molecule has 0 saturated heterocycles. The number of rotatable bonds is 4. The fraction of sp³-hybridized carbons (Fsp3) is 0.455. The van der Waals surface area contributed by atoms with Crippen LogP contribution in [-0.4, -0.2) is 42.7 Å². The highest BCUT2D eigenvalue weighted by Gasteiger charge is 2.09. The second kappa shape index (κ2) is 5.46. The molecule has 1 aromatic heterocycles. The van der Waals surface area contributed by atoms with Gasteiger partial charge in [0.05, 0.1) is 12.2 Å². The smallest absolute Gasteiger partial charge is 0.253 e. The summed E-state index contributed by atoms with van der Waals surface area (Å²) in [5, 5.41) is 11.5. The zero-order chi connectivity index (χ0) is 12.1. The van der Waals surface area contributed by atoms with E-state index in [9.17, 15) is 4.79 Å². The molecule has 0 aliphatic rings. The van der Waals surface area contributed by atoms with E-state index in [0.29, 0.717) is 5.56 Å². The average Bonchev–Trinajstić information content (AvgIpc) is 2.28. The number of amides is 1. The summed E-state index contributed by atoms with van der Waals surface area (Å²) in [5.74, 6) is 0.575. The van der Waals surface area contributed by atoms with Crippen LogP contribution in [0.4, 0.5) is 5.82 Å². The molecule has 5 nitrogen and oxygen atoms in total. The molecule has 0 radical (unpaired) electrons. The van der Waals surface area contributed by atoms with Crippen molar-refractivity contribution in [2.45, 2.75) is 13.0 Å². The monoisotopic (exact) mass is 223 g/mol. The van der Waals surface area contributed by atoms with Gasteiger partial charge in [-0.25, -0.2) is 4.98 Å². The van der Waals surface area contributed by atoms with Gasteiger partial charge in [0, 0.05) is 26.3 Å². The molecule has 16 heavy (non-hydrogen) atoms. The molecule has 5 heteroatoms. The van der Waals surface area contributed by atoms with Gasteiger partial charge in [0.15, 0.2) is 0 Å². The van der Waals surface area contributed by atoms with Gasteiger partial charge >= 0.3 is 0 Å². The molecule has 0 fully saturated rings. The molecule has 0 aliphatic carbocycles. The van der Waals surface area contributed by atoms with Crippen LogP contribution < -0.4 is 10.2 Å². The maximum absolute atomic E-state index is 11.6. The summed E-state index contributed by atoms with van der Waals surface area (Å²) in [5.41, 5.74) is 0.492. The normalized spacial score (nSPS) is 12.0. The fourth-order valence-electron chi connectivity index (χ4n) is 1.14. The third-order valence-electron chi connectivity index (χ3n) is 2.12. The fourth-order valence-corrected chi connectivity index (χ4v) is 1.14. The first kappa shape index (κ1) is 12.4. The molecule has 0 aromatic carbocycles. The number of aromatic nitrogens is 1. The summed E-state index contributed by atoms with van der Waals surface area (Å²) in [7, 11) is 3.77.